The Labute approximate surface area is 116 Å². The summed E-state index contributed by atoms with van der Waals surface area (Å²) in [5.41, 5.74) is 4.37. The number of nitrogens with zero attached hydrogens (tertiary/aromatic N) is 2. The molecular weight excluding hydrogens is 234 g/mol. The molecule has 1 fully saturated rings. The molecular formula is C16H25N3. The molecule has 1 aromatic rings. The van der Waals surface area contributed by atoms with E-state index in [1.165, 1.54) is 36.3 Å². The van der Waals surface area contributed by atoms with Gasteiger partial charge in [0.25, 0.3) is 0 Å². The van der Waals surface area contributed by atoms with Crippen molar-refractivity contribution in [3.63, 3.8) is 0 Å². The third-order valence-electron chi connectivity index (χ3n) is 4.64. The molecule has 2 aliphatic heterocycles. The molecule has 0 radical (unpaired) electrons. The van der Waals surface area contributed by atoms with Gasteiger partial charge < -0.3 is 10.2 Å². The van der Waals surface area contributed by atoms with Crippen LogP contribution < -0.4 is 5.32 Å². The van der Waals surface area contributed by atoms with Crippen LogP contribution in [0.25, 0.3) is 0 Å². The Balaban J connectivity index is 1.72. The highest BCUT2D eigenvalue weighted by molar-refractivity contribution is 5.61. The summed E-state index contributed by atoms with van der Waals surface area (Å²) < 4.78 is 0. The molecule has 1 saturated heterocycles. The molecule has 2 aliphatic rings. The normalized spacial score (nSPS) is 26.7. The quantitative estimate of drug-likeness (QED) is 0.896. The van der Waals surface area contributed by atoms with Crippen molar-refractivity contribution in [3.05, 3.63) is 29.3 Å². The van der Waals surface area contributed by atoms with Gasteiger partial charge in [0.1, 0.15) is 0 Å². The van der Waals surface area contributed by atoms with Gasteiger partial charge in [0.2, 0.25) is 0 Å². The van der Waals surface area contributed by atoms with E-state index in [0.29, 0.717) is 6.04 Å². The number of para-hydroxylation sites is 1. The summed E-state index contributed by atoms with van der Waals surface area (Å²) in [6, 6.07) is 7.45. The Morgan fingerprint density at radius 2 is 2.16 bits per heavy atom. The van der Waals surface area contributed by atoms with E-state index in [1.54, 1.807) is 0 Å². The topological polar surface area (TPSA) is 18.5 Å². The summed E-state index contributed by atoms with van der Waals surface area (Å²) in [5, 5.41) is 3.55. The molecule has 3 rings (SSSR count). The van der Waals surface area contributed by atoms with Crippen LogP contribution in [-0.2, 0) is 13.0 Å². The molecule has 2 heterocycles. The lowest BCUT2D eigenvalue weighted by Gasteiger charge is -2.23. The maximum atomic E-state index is 3.55. The van der Waals surface area contributed by atoms with Crippen LogP contribution in [-0.4, -0.2) is 49.6 Å². The van der Waals surface area contributed by atoms with Gasteiger partial charge in [-0.05, 0) is 37.6 Å². The van der Waals surface area contributed by atoms with E-state index >= 15 is 0 Å². The van der Waals surface area contributed by atoms with Crippen molar-refractivity contribution in [2.75, 3.05) is 39.0 Å². The zero-order valence-corrected chi connectivity index (χ0v) is 12.3. The van der Waals surface area contributed by atoms with E-state index in [4.69, 9.17) is 0 Å². The Morgan fingerprint density at radius 3 is 2.89 bits per heavy atom. The fourth-order valence-electron chi connectivity index (χ4n) is 3.63. The lowest BCUT2D eigenvalue weighted by molar-refractivity contribution is 0.250. The SMILES string of the molecule is CC1CN(Cc2cccc3c2NCC3)CC1N(C)C. The van der Waals surface area contributed by atoms with Crippen molar-refractivity contribution in [3.8, 4) is 0 Å². The number of likely N-dealkylation sites (tertiary alicyclic amines) is 1. The fourth-order valence-corrected chi connectivity index (χ4v) is 3.63. The predicted molar refractivity (Wildman–Crippen MR) is 80.6 cm³/mol. The van der Waals surface area contributed by atoms with Gasteiger partial charge in [-0.25, -0.2) is 0 Å². The van der Waals surface area contributed by atoms with Gasteiger partial charge in [-0.2, -0.15) is 0 Å². The number of likely N-dealkylation sites (N-methyl/N-ethyl adjacent to an activating group) is 1. The first-order valence-corrected chi connectivity index (χ1v) is 7.38. The van der Waals surface area contributed by atoms with Crippen molar-refractivity contribution >= 4 is 5.69 Å². The molecule has 0 bridgehead atoms. The van der Waals surface area contributed by atoms with Gasteiger partial charge in [0.15, 0.2) is 0 Å². The van der Waals surface area contributed by atoms with Crippen molar-refractivity contribution in [1.29, 1.82) is 0 Å². The highest BCUT2D eigenvalue weighted by atomic mass is 15.2. The van der Waals surface area contributed by atoms with Crippen molar-refractivity contribution in [1.82, 2.24) is 9.80 Å². The van der Waals surface area contributed by atoms with Crippen LogP contribution in [0, 0.1) is 5.92 Å². The average Bonchev–Trinajstić information content (AvgIpc) is 2.96. The lowest BCUT2D eigenvalue weighted by Crippen LogP contribution is -2.34. The molecule has 0 aromatic heterocycles. The third kappa shape index (κ3) is 2.49. The van der Waals surface area contributed by atoms with Crippen LogP contribution in [0.15, 0.2) is 18.2 Å². The van der Waals surface area contributed by atoms with E-state index in [1.807, 2.05) is 0 Å². The summed E-state index contributed by atoms with van der Waals surface area (Å²) in [5.74, 6) is 0.764. The van der Waals surface area contributed by atoms with Crippen LogP contribution in [0.1, 0.15) is 18.1 Å². The maximum Gasteiger partial charge on any atom is 0.0419 e. The summed E-state index contributed by atoms with van der Waals surface area (Å²) in [4.78, 5) is 4.98. The minimum absolute atomic E-state index is 0.699. The minimum atomic E-state index is 0.699. The predicted octanol–water partition coefficient (Wildman–Crippen LogP) is 2.04. The van der Waals surface area contributed by atoms with Crippen LogP contribution in [0.3, 0.4) is 0 Å². The Hall–Kier alpha value is -1.06. The smallest absolute Gasteiger partial charge is 0.0419 e. The van der Waals surface area contributed by atoms with Crippen molar-refractivity contribution < 1.29 is 0 Å². The monoisotopic (exact) mass is 259 g/mol. The Bertz CT molecular complexity index is 455. The second kappa shape index (κ2) is 5.14. The summed E-state index contributed by atoms with van der Waals surface area (Å²) in [6.07, 6.45) is 1.18. The first-order chi connectivity index (χ1) is 9.15. The van der Waals surface area contributed by atoms with Gasteiger partial charge in [0.05, 0.1) is 0 Å². The first kappa shape index (κ1) is 12.9. The van der Waals surface area contributed by atoms with Crippen LogP contribution in [0.4, 0.5) is 5.69 Å². The number of hydrogen-bond acceptors (Lipinski definition) is 3. The Kier molecular flexibility index (Phi) is 3.50. The number of anilines is 1. The number of rotatable bonds is 3. The van der Waals surface area contributed by atoms with E-state index in [-0.39, 0.29) is 0 Å². The molecule has 0 saturated carbocycles. The summed E-state index contributed by atoms with van der Waals surface area (Å²) in [7, 11) is 4.40. The molecule has 3 nitrogen and oxygen atoms in total. The molecule has 3 heteroatoms. The van der Waals surface area contributed by atoms with Crippen molar-refractivity contribution in [2.45, 2.75) is 25.9 Å². The zero-order chi connectivity index (χ0) is 13.4. The fraction of sp³-hybridized carbons (Fsp3) is 0.625. The third-order valence-corrected chi connectivity index (χ3v) is 4.64. The minimum Gasteiger partial charge on any atom is -0.384 e. The molecule has 0 spiro atoms. The number of benzene rings is 1. The van der Waals surface area contributed by atoms with Gasteiger partial charge in [-0.1, -0.05) is 25.1 Å². The maximum absolute atomic E-state index is 3.55. The molecule has 0 aliphatic carbocycles. The van der Waals surface area contributed by atoms with E-state index in [0.717, 1.165) is 19.0 Å². The summed E-state index contributed by atoms with van der Waals surface area (Å²) in [6.45, 7) is 6.97. The second-order valence-electron chi connectivity index (χ2n) is 6.33. The van der Waals surface area contributed by atoms with E-state index in [9.17, 15) is 0 Å². The summed E-state index contributed by atoms with van der Waals surface area (Å²) >= 11 is 0. The van der Waals surface area contributed by atoms with Crippen LogP contribution in [0.5, 0.6) is 0 Å². The van der Waals surface area contributed by atoms with E-state index < -0.39 is 0 Å². The number of nitrogens with one attached hydrogen (secondary N) is 1. The standard InChI is InChI=1S/C16H25N3/c1-12-9-19(11-15(12)18(2)3)10-14-6-4-5-13-7-8-17-16(13)14/h4-6,12,15,17H,7-11H2,1-3H3. The highest BCUT2D eigenvalue weighted by Gasteiger charge is 2.31. The largest absolute Gasteiger partial charge is 0.384 e. The lowest BCUT2D eigenvalue weighted by atomic mass is 10.1. The molecule has 104 valence electrons. The molecule has 0 amide bonds. The van der Waals surface area contributed by atoms with E-state index in [2.05, 4.69) is 54.3 Å². The van der Waals surface area contributed by atoms with Crippen LogP contribution >= 0.6 is 0 Å². The van der Waals surface area contributed by atoms with Gasteiger partial charge in [-0.15, -0.1) is 0 Å². The zero-order valence-electron chi connectivity index (χ0n) is 12.3. The number of fused-ring (bicyclic) bond motifs is 1. The highest BCUT2D eigenvalue weighted by Crippen LogP contribution is 2.29. The molecule has 1 N–H and O–H groups in total. The molecule has 19 heavy (non-hydrogen) atoms. The van der Waals surface area contributed by atoms with Gasteiger partial charge >= 0.3 is 0 Å². The van der Waals surface area contributed by atoms with Gasteiger partial charge in [-0.3, -0.25) is 4.90 Å². The van der Waals surface area contributed by atoms with Crippen LogP contribution in [0.2, 0.25) is 0 Å². The Morgan fingerprint density at radius 1 is 1.32 bits per heavy atom. The number of hydrogen-bond donors (Lipinski definition) is 1. The molecule has 1 aromatic carbocycles. The molecule has 2 unspecified atom stereocenters. The average molecular weight is 259 g/mol. The second-order valence-corrected chi connectivity index (χ2v) is 6.33. The first-order valence-electron chi connectivity index (χ1n) is 7.38. The molecule has 2 atom stereocenters. The van der Waals surface area contributed by atoms with Gasteiger partial charge in [0, 0.05) is 37.9 Å². The van der Waals surface area contributed by atoms with Crippen molar-refractivity contribution in [2.24, 2.45) is 5.92 Å².